The SMILES string of the molecule is CCCCCCC(C)(CC)CCCC(C)(C)N. The molecule has 0 aromatic carbocycles. The molecule has 0 aliphatic rings. The summed E-state index contributed by atoms with van der Waals surface area (Å²) < 4.78 is 0. The minimum atomic E-state index is 0.0108. The lowest BCUT2D eigenvalue weighted by atomic mass is 9.77. The van der Waals surface area contributed by atoms with E-state index < -0.39 is 0 Å². The summed E-state index contributed by atoms with van der Waals surface area (Å²) in [7, 11) is 0. The highest BCUT2D eigenvalue weighted by Gasteiger charge is 2.22. The van der Waals surface area contributed by atoms with Gasteiger partial charge in [0, 0.05) is 5.54 Å². The van der Waals surface area contributed by atoms with Gasteiger partial charge in [-0.15, -0.1) is 0 Å². The number of nitrogens with two attached hydrogens (primary N) is 1. The van der Waals surface area contributed by atoms with Crippen LogP contribution in [-0.2, 0) is 0 Å². The van der Waals surface area contributed by atoms with Crippen molar-refractivity contribution in [2.24, 2.45) is 11.1 Å². The molecule has 0 rings (SSSR count). The summed E-state index contributed by atoms with van der Waals surface area (Å²) >= 11 is 0. The van der Waals surface area contributed by atoms with Crippen LogP contribution in [0.5, 0.6) is 0 Å². The largest absolute Gasteiger partial charge is 0.326 e. The fraction of sp³-hybridized carbons (Fsp3) is 1.00. The van der Waals surface area contributed by atoms with E-state index >= 15 is 0 Å². The van der Waals surface area contributed by atoms with Gasteiger partial charge in [0.2, 0.25) is 0 Å². The topological polar surface area (TPSA) is 26.0 Å². The summed E-state index contributed by atoms with van der Waals surface area (Å²) in [5.74, 6) is 0. The Morgan fingerprint density at radius 3 is 1.82 bits per heavy atom. The number of rotatable bonds is 10. The summed E-state index contributed by atoms with van der Waals surface area (Å²) in [6, 6.07) is 0. The van der Waals surface area contributed by atoms with Crippen molar-refractivity contribution in [3.05, 3.63) is 0 Å². The van der Waals surface area contributed by atoms with Crippen molar-refractivity contribution in [3.63, 3.8) is 0 Å². The molecular weight excluding hydrogens is 206 g/mol. The second kappa shape index (κ2) is 8.13. The quantitative estimate of drug-likeness (QED) is 0.517. The van der Waals surface area contributed by atoms with Crippen molar-refractivity contribution in [3.8, 4) is 0 Å². The van der Waals surface area contributed by atoms with Gasteiger partial charge < -0.3 is 5.73 Å². The molecule has 17 heavy (non-hydrogen) atoms. The monoisotopic (exact) mass is 241 g/mol. The highest BCUT2D eigenvalue weighted by atomic mass is 14.7. The fourth-order valence-electron chi connectivity index (χ4n) is 2.43. The molecule has 0 aliphatic heterocycles. The maximum atomic E-state index is 6.05. The highest BCUT2D eigenvalue weighted by molar-refractivity contribution is 4.77. The van der Waals surface area contributed by atoms with E-state index in [4.69, 9.17) is 5.73 Å². The molecule has 0 saturated carbocycles. The average Bonchev–Trinajstić information content (AvgIpc) is 2.23. The van der Waals surface area contributed by atoms with Crippen molar-refractivity contribution >= 4 is 0 Å². The van der Waals surface area contributed by atoms with Gasteiger partial charge in [-0.05, 0) is 38.5 Å². The first-order chi connectivity index (χ1) is 7.83. The lowest BCUT2D eigenvalue weighted by molar-refractivity contribution is 0.234. The van der Waals surface area contributed by atoms with Crippen molar-refractivity contribution in [1.82, 2.24) is 0 Å². The van der Waals surface area contributed by atoms with E-state index in [1.54, 1.807) is 0 Å². The second-order valence-electron chi connectivity index (χ2n) is 6.82. The maximum Gasteiger partial charge on any atom is 0.00970 e. The van der Waals surface area contributed by atoms with Crippen molar-refractivity contribution in [1.29, 1.82) is 0 Å². The molecule has 0 radical (unpaired) electrons. The second-order valence-corrected chi connectivity index (χ2v) is 6.82. The van der Waals surface area contributed by atoms with Crippen LogP contribution in [0.15, 0.2) is 0 Å². The normalized spacial score (nSPS) is 15.9. The molecule has 0 aromatic heterocycles. The molecule has 0 heterocycles. The molecular formula is C16H35N. The number of hydrogen-bond acceptors (Lipinski definition) is 1. The first kappa shape index (κ1) is 17.0. The molecule has 1 unspecified atom stereocenters. The van der Waals surface area contributed by atoms with Crippen LogP contribution in [0.2, 0.25) is 0 Å². The zero-order chi connectivity index (χ0) is 13.4. The first-order valence-electron chi connectivity index (χ1n) is 7.62. The first-order valence-corrected chi connectivity index (χ1v) is 7.62. The Hall–Kier alpha value is -0.0400. The Kier molecular flexibility index (Phi) is 8.11. The molecule has 0 fully saturated rings. The molecule has 0 saturated heterocycles. The summed E-state index contributed by atoms with van der Waals surface area (Å²) in [5.41, 5.74) is 6.61. The van der Waals surface area contributed by atoms with E-state index in [2.05, 4.69) is 34.6 Å². The van der Waals surface area contributed by atoms with E-state index in [-0.39, 0.29) is 5.54 Å². The van der Waals surface area contributed by atoms with Crippen molar-refractivity contribution in [2.75, 3.05) is 0 Å². The molecule has 0 aromatic rings. The minimum absolute atomic E-state index is 0.0108. The molecule has 0 spiro atoms. The highest BCUT2D eigenvalue weighted by Crippen LogP contribution is 2.34. The van der Waals surface area contributed by atoms with Gasteiger partial charge in [-0.1, -0.05) is 59.3 Å². The van der Waals surface area contributed by atoms with Crippen LogP contribution in [0.25, 0.3) is 0 Å². The zero-order valence-corrected chi connectivity index (χ0v) is 12.9. The van der Waals surface area contributed by atoms with Gasteiger partial charge in [-0.3, -0.25) is 0 Å². The molecule has 0 bridgehead atoms. The van der Waals surface area contributed by atoms with Crippen LogP contribution in [0.4, 0.5) is 0 Å². The lowest BCUT2D eigenvalue weighted by Gasteiger charge is -2.30. The van der Waals surface area contributed by atoms with Crippen LogP contribution in [0.1, 0.15) is 92.4 Å². The Balaban J connectivity index is 3.84. The van der Waals surface area contributed by atoms with Gasteiger partial charge >= 0.3 is 0 Å². The Morgan fingerprint density at radius 2 is 1.35 bits per heavy atom. The third-order valence-corrected chi connectivity index (χ3v) is 4.09. The van der Waals surface area contributed by atoms with Crippen LogP contribution in [0, 0.1) is 5.41 Å². The van der Waals surface area contributed by atoms with Gasteiger partial charge in [0.15, 0.2) is 0 Å². The third kappa shape index (κ3) is 9.64. The molecule has 1 nitrogen and oxygen atoms in total. The van der Waals surface area contributed by atoms with Crippen LogP contribution < -0.4 is 5.73 Å². The summed E-state index contributed by atoms with van der Waals surface area (Å²) in [5, 5.41) is 0. The smallest absolute Gasteiger partial charge is 0.00970 e. The van der Waals surface area contributed by atoms with Crippen LogP contribution in [-0.4, -0.2) is 5.54 Å². The fourth-order valence-corrected chi connectivity index (χ4v) is 2.43. The van der Waals surface area contributed by atoms with Crippen molar-refractivity contribution in [2.45, 2.75) is 97.9 Å². The van der Waals surface area contributed by atoms with Gasteiger partial charge in [0.05, 0.1) is 0 Å². The number of unbranched alkanes of at least 4 members (excludes halogenated alkanes) is 3. The summed E-state index contributed by atoms with van der Waals surface area (Å²) in [6.45, 7) is 11.4. The van der Waals surface area contributed by atoms with Gasteiger partial charge in [-0.25, -0.2) is 0 Å². The molecule has 1 heteroatoms. The molecule has 104 valence electrons. The predicted octanol–water partition coefficient (Wildman–Crippen LogP) is 5.28. The Bertz CT molecular complexity index is 180. The van der Waals surface area contributed by atoms with Crippen LogP contribution >= 0.6 is 0 Å². The Labute approximate surface area is 110 Å². The van der Waals surface area contributed by atoms with E-state index in [1.165, 1.54) is 51.4 Å². The third-order valence-electron chi connectivity index (χ3n) is 4.09. The molecule has 0 amide bonds. The molecule has 1 atom stereocenters. The summed E-state index contributed by atoms with van der Waals surface area (Å²) in [6.07, 6.45) is 12.0. The van der Waals surface area contributed by atoms with Crippen LogP contribution in [0.3, 0.4) is 0 Å². The maximum absolute atomic E-state index is 6.05. The zero-order valence-electron chi connectivity index (χ0n) is 12.9. The summed E-state index contributed by atoms with van der Waals surface area (Å²) in [4.78, 5) is 0. The Morgan fingerprint density at radius 1 is 0.765 bits per heavy atom. The molecule has 2 N–H and O–H groups in total. The van der Waals surface area contributed by atoms with E-state index in [1.807, 2.05) is 0 Å². The number of hydrogen-bond donors (Lipinski definition) is 1. The minimum Gasteiger partial charge on any atom is -0.326 e. The lowest BCUT2D eigenvalue weighted by Crippen LogP contribution is -2.32. The molecule has 0 aliphatic carbocycles. The van der Waals surface area contributed by atoms with E-state index in [0.717, 1.165) is 6.42 Å². The standard InChI is InChI=1S/C16H35N/c1-6-8-9-10-13-16(5,7-2)14-11-12-15(3,4)17/h6-14,17H2,1-5H3. The van der Waals surface area contributed by atoms with E-state index in [0.29, 0.717) is 5.41 Å². The van der Waals surface area contributed by atoms with Crippen molar-refractivity contribution < 1.29 is 0 Å². The predicted molar refractivity (Wildman–Crippen MR) is 79.3 cm³/mol. The average molecular weight is 241 g/mol. The van der Waals surface area contributed by atoms with E-state index in [9.17, 15) is 0 Å². The van der Waals surface area contributed by atoms with Gasteiger partial charge in [0.1, 0.15) is 0 Å². The van der Waals surface area contributed by atoms with Gasteiger partial charge in [-0.2, -0.15) is 0 Å². The van der Waals surface area contributed by atoms with Gasteiger partial charge in [0.25, 0.3) is 0 Å².